The maximum absolute atomic E-state index is 12.5. The maximum atomic E-state index is 12.5. The Labute approximate surface area is 365 Å². The van der Waals surface area contributed by atoms with Crippen molar-refractivity contribution in [2.24, 2.45) is 4.99 Å². The lowest BCUT2D eigenvalue weighted by Gasteiger charge is -2.29. The minimum absolute atomic E-state index is 0.0988. The van der Waals surface area contributed by atoms with E-state index in [0.29, 0.717) is 49.2 Å². The molecule has 62 heavy (non-hydrogen) atoms. The van der Waals surface area contributed by atoms with Crippen LogP contribution in [0.15, 0.2) is 135 Å². The van der Waals surface area contributed by atoms with E-state index in [9.17, 15) is 40.3 Å². The lowest BCUT2D eigenvalue weighted by Crippen LogP contribution is -2.38. The zero-order valence-electron chi connectivity index (χ0n) is 35.9. The first-order valence-corrected chi connectivity index (χ1v) is 23.5. The number of rotatable bonds is 19. The summed E-state index contributed by atoms with van der Waals surface area (Å²) in [6.45, 7) is 11.1. The Morgan fingerprint density at radius 3 is 2.19 bits per heavy atom. The molecular weight excluding hydrogens is 829 g/mol. The van der Waals surface area contributed by atoms with Crippen LogP contribution in [0.25, 0.3) is 0 Å². The highest BCUT2D eigenvalue weighted by molar-refractivity contribution is 7.86. The van der Waals surface area contributed by atoms with Gasteiger partial charge in [0.1, 0.15) is 0 Å². The quantitative estimate of drug-likeness (QED) is 0.0554. The summed E-state index contributed by atoms with van der Waals surface area (Å²) < 4.78 is 68.7. The molecule has 3 amide bonds. The third-order valence-electron chi connectivity index (χ3n) is 11.3. The van der Waals surface area contributed by atoms with E-state index in [-0.39, 0.29) is 35.2 Å². The molecule has 0 bridgehead atoms. The summed E-state index contributed by atoms with van der Waals surface area (Å²) in [5.41, 5.74) is 4.19. The highest BCUT2D eigenvalue weighted by Crippen LogP contribution is 2.48. The van der Waals surface area contributed by atoms with E-state index in [1.165, 1.54) is 36.4 Å². The van der Waals surface area contributed by atoms with Crippen molar-refractivity contribution in [2.75, 3.05) is 31.1 Å². The third-order valence-corrected chi connectivity index (χ3v) is 13.0. The van der Waals surface area contributed by atoms with Gasteiger partial charge < -0.3 is 10.2 Å². The molecule has 3 aliphatic rings. The summed E-state index contributed by atoms with van der Waals surface area (Å²) in [6.07, 6.45) is 26.0. The van der Waals surface area contributed by atoms with Gasteiger partial charge >= 0.3 is 0 Å². The van der Waals surface area contributed by atoms with Crippen molar-refractivity contribution in [2.45, 2.75) is 93.8 Å². The molecule has 2 aromatic rings. The Morgan fingerprint density at radius 1 is 0.823 bits per heavy atom. The first-order valence-electron chi connectivity index (χ1n) is 20.6. The smallest absolute Gasteiger partial charge is 0.294 e. The second kappa shape index (κ2) is 20.1. The van der Waals surface area contributed by atoms with Crippen LogP contribution >= 0.6 is 0 Å². The van der Waals surface area contributed by atoms with Crippen molar-refractivity contribution in [1.29, 1.82) is 0 Å². The van der Waals surface area contributed by atoms with E-state index in [2.05, 4.69) is 22.4 Å². The van der Waals surface area contributed by atoms with Crippen LogP contribution in [0.4, 0.5) is 5.69 Å². The molecule has 0 saturated carbocycles. The van der Waals surface area contributed by atoms with Crippen molar-refractivity contribution in [3.05, 3.63) is 137 Å². The second-order valence-corrected chi connectivity index (χ2v) is 19.3. The van der Waals surface area contributed by atoms with Gasteiger partial charge in [0.05, 0.1) is 9.79 Å². The number of allylic oxidation sites excluding steroid dienone is 12. The van der Waals surface area contributed by atoms with Gasteiger partial charge in [0.25, 0.3) is 32.1 Å². The fraction of sp³-hybridized carbons (Fsp3) is 0.362. The van der Waals surface area contributed by atoms with Gasteiger partial charge in [-0.15, -0.1) is 0 Å². The summed E-state index contributed by atoms with van der Waals surface area (Å²) in [5.74, 6) is -0.982. The number of imide groups is 1. The number of amides is 3. The van der Waals surface area contributed by atoms with Crippen LogP contribution in [0.5, 0.6) is 0 Å². The van der Waals surface area contributed by atoms with Crippen LogP contribution < -0.4 is 10.2 Å². The number of benzene rings is 2. The molecule has 0 aromatic heterocycles. The van der Waals surface area contributed by atoms with Crippen LogP contribution in [-0.2, 0) is 45.4 Å². The van der Waals surface area contributed by atoms with Crippen molar-refractivity contribution in [3.63, 3.8) is 0 Å². The van der Waals surface area contributed by atoms with Crippen LogP contribution in [0.2, 0.25) is 0 Å². The van der Waals surface area contributed by atoms with Crippen LogP contribution in [0.3, 0.4) is 0 Å². The fourth-order valence-corrected chi connectivity index (χ4v) is 8.87. The zero-order chi connectivity index (χ0) is 45.3. The van der Waals surface area contributed by atoms with Crippen molar-refractivity contribution >= 4 is 49.4 Å². The number of unbranched alkanes of at least 4 members (excludes halogenated alkanes) is 2. The molecule has 0 unspecified atom stereocenters. The van der Waals surface area contributed by atoms with Gasteiger partial charge in [0.15, 0.2) is 0 Å². The topological polar surface area (TPSA) is 191 Å². The van der Waals surface area contributed by atoms with E-state index in [4.69, 9.17) is 4.99 Å². The van der Waals surface area contributed by atoms with E-state index in [0.717, 1.165) is 40.3 Å². The average molecular weight is 885 g/mol. The molecule has 2 heterocycles. The van der Waals surface area contributed by atoms with Crippen LogP contribution in [0, 0.1) is 6.92 Å². The monoisotopic (exact) mass is 884 g/mol. The van der Waals surface area contributed by atoms with Gasteiger partial charge in [-0.05, 0) is 97.4 Å². The summed E-state index contributed by atoms with van der Waals surface area (Å²) in [5, 5.41) is 2.76. The molecule has 1 aliphatic carbocycles. The summed E-state index contributed by atoms with van der Waals surface area (Å²) in [6, 6.07) is 9.10. The van der Waals surface area contributed by atoms with Gasteiger partial charge in [-0.2, -0.15) is 16.8 Å². The molecule has 330 valence electrons. The molecule has 0 atom stereocenters. The fourth-order valence-electron chi connectivity index (χ4n) is 7.85. The standard InChI is InChI=1S/C47H56N4O9S2/c1-34-22-23-36(61(55,56)57)32-38(34)46(2,3)41(48-28-15-18-35-16-10-7-6-8-11-17-35)19-14-20-42-47(4,5)39-33-37(62(58,59)60)24-25-40(39)50(42)30-13-9-12-21-43(52)49-29-31-51-44(53)26-27-45(51)54/h6-8,10-11,14,16-17,19-20,22-27,32-33H,9,12-13,15,18,21,28-31H2,1-5H3,(H,49,52)(H,55,56,57)(H,58,59,60)/b7-6-,8-6?,10-7?,11-8-,16-10-,17-11?,19-14+,35-16?,35-17+,42-20+,48-41+. The number of aryl methyl sites for hydroxylation is 1. The summed E-state index contributed by atoms with van der Waals surface area (Å²) in [4.78, 5) is 43.9. The van der Waals surface area contributed by atoms with E-state index >= 15 is 0 Å². The molecule has 3 N–H and O–H groups in total. The number of carbonyl (C=O) groups excluding carboxylic acids is 3. The molecule has 2 aliphatic heterocycles. The highest BCUT2D eigenvalue weighted by atomic mass is 32.2. The molecule has 13 nitrogen and oxygen atoms in total. The van der Waals surface area contributed by atoms with Crippen LogP contribution in [-0.4, -0.2) is 80.5 Å². The number of nitrogens with one attached hydrogen (secondary N) is 1. The first-order chi connectivity index (χ1) is 29.2. The number of fused-ring (bicyclic) bond motifs is 1. The van der Waals surface area contributed by atoms with Gasteiger partial charge in [-0.1, -0.05) is 88.8 Å². The molecular formula is C47H56N4O9S2. The van der Waals surface area contributed by atoms with Gasteiger partial charge in [0.2, 0.25) is 5.91 Å². The zero-order valence-corrected chi connectivity index (χ0v) is 37.5. The molecule has 15 heteroatoms. The molecule has 2 aromatic carbocycles. The van der Waals surface area contributed by atoms with E-state index in [1.54, 1.807) is 12.1 Å². The number of hydrogen-bond acceptors (Lipinski definition) is 9. The van der Waals surface area contributed by atoms with Crippen molar-refractivity contribution < 1.29 is 40.3 Å². The Morgan fingerprint density at radius 2 is 1.48 bits per heavy atom. The van der Waals surface area contributed by atoms with Gasteiger partial charge in [-0.25, -0.2) is 0 Å². The normalized spacial score (nSPS) is 19.7. The molecule has 0 fully saturated rings. The lowest BCUT2D eigenvalue weighted by atomic mass is 9.77. The number of nitrogens with zero attached hydrogens (tertiary/aromatic N) is 3. The van der Waals surface area contributed by atoms with E-state index in [1.807, 2.05) is 83.2 Å². The maximum Gasteiger partial charge on any atom is 0.294 e. The Kier molecular flexibility index (Phi) is 15.5. The highest BCUT2D eigenvalue weighted by Gasteiger charge is 2.40. The molecule has 0 saturated heterocycles. The SMILES string of the molecule is Cc1ccc(S(=O)(=O)O)cc1C(C)(C)C(/C=C/C=C1/N(CCCCCC(=O)NCCN2C(=O)C=CC2=O)c2ccc(S(=O)(=O)O)cc2C1(C)C)=N/CCCC1=C/C=C\C=C/C=C\1. The average Bonchev–Trinajstić information content (AvgIpc) is 3.61. The Bertz CT molecular complexity index is 2520. The molecule has 0 radical (unpaired) electrons. The predicted molar refractivity (Wildman–Crippen MR) is 242 cm³/mol. The largest absolute Gasteiger partial charge is 0.354 e. The lowest BCUT2D eigenvalue weighted by molar-refractivity contribution is -0.137. The Hall–Kier alpha value is -5.48. The number of anilines is 1. The number of carbonyl (C=O) groups is 3. The minimum atomic E-state index is -4.48. The van der Waals surface area contributed by atoms with Gasteiger partial charge in [-0.3, -0.25) is 33.4 Å². The van der Waals surface area contributed by atoms with Gasteiger partial charge in [0, 0.05) is 72.7 Å². The number of hydrogen-bond donors (Lipinski definition) is 3. The summed E-state index contributed by atoms with van der Waals surface area (Å²) >= 11 is 0. The molecule has 0 spiro atoms. The second-order valence-electron chi connectivity index (χ2n) is 16.5. The third kappa shape index (κ3) is 11.9. The first kappa shape index (κ1) is 47.6. The van der Waals surface area contributed by atoms with Crippen molar-refractivity contribution in [1.82, 2.24) is 10.2 Å². The predicted octanol–water partition coefficient (Wildman–Crippen LogP) is 7.44. The minimum Gasteiger partial charge on any atom is -0.354 e. The summed E-state index contributed by atoms with van der Waals surface area (Å²) in [7, 11) is -8.95. The van der Waals surface area contributed by atoms with E-state index < -0.39 is 42.9 Å². The van der Waals surface area contributed by atoms with Crippen LogP contribution in [0.1, 0.15) is 82.9 Å². The van der Waals surface area contributed by atoms with Crippen molar-refractivity contribution in [3.8, 4) is 0 Å². The molecule has 5 rings (SSSR count). The number of aliphatic imine (C=N–C) groups is 1. The Balaban J connectivity index is 1.39.